The standard InChI is InChI=1S/C15H22N2O4S/c1-22-6-4-12(10-18)16-15(20)11-7-14(19)17(8-11)9-13-3-2-5-21-13/h2-3,5,11-12,18H,4,6-10H2,1H3,(H,16,20). The first-order valence-electron chi connectivity index (χ1n) is 7.34. The molecule has 0 saturated carbocycles. The van der Waals surface area contributed by atoms with E-state index >= 15 is 0 Å². The van der Waals surface area contributed by atoms with Gasteiger partial charge in [0.15, 0.2) is 0 Å². The van der Waals surface area contributed by atoms with Crippen LogP contribution in [-0.4, -0.2) is 53.0 Å². The van der Waals surface area contributed by atoms with Crippen molar-refractivity contribution in [1.82, 2.24) is 10.2 Å². The number of hydrogen-bond donors (Lipinski definition) is 2. The molecule has 2 unspecified atom stereocenters. The summed E-state index contributed by atoms with van der Waals surface area (Å²) in [5, 5.41) is 12.1. The molecule has 1 aromatic heterocycles. The Hall–Kier alpha value is -1.47. The molecule has 2 N–H and O–H groups in total. The molecule has 2 atom stereocenters. The number of aliphatic hydroxyl groups excluding tert-OH is 1. The summed E-state index contributed by atoms with van der Waals surface area (Å²) in [7, 11) is 0. The van der Waals surface area contributed by atoms with Gasteiger partial charge in [-0.2, -0.15) is 11.8 Å². The molecule has 2 amide bonds. The number of rotatable bonds is 8. The highest BCUT2D eigenvalue weighted by atomic mass is 32.2. The first kappa shape index (κ1) is 16.9. The van der Waals surface area contributed by atoms with Crippen molar-refractivity contribution in [2.24, 2.45) is 5.92 Å². The van der Waals surface area contributed by atoms with Crippen LogP contribution in [0.1, 0.15) is 18.6 Å². The average Bonchev–Trinajstić information content (AvgIpc) is 3.14. The van der Waals surface area contributed by atoms with Crippen molar-refractivity contribution in [3.63, 3.8) is 0 Å². The molecule has 6 nitrogen and oxygen atoms in total. The van der Waals surface area contributed by atoms with E-state index in [1.54, 1.807) is 29.0 Å². The Balaban J connectivity index is 1.85. The Morgan fingerprint density at radius 2 is 2.45 bits per heavy atom. The minimum absolute atomic E-state index is 0.0405. The highest BCUT2D eigenvalue weighted by molar-refractivity contribution is 7.98. The van der Waals surface area contributed by atoms with E-state index in [0.717, 1.165) is 12.2 Å². The molecule has 0 bridgehead atoms. The molecule has 1 aromatic rings. The van der Waals surface area contributed by atoms with Gasteiger partial charge in [-0.3, -0.25) is 9.59 Å². The summed E-state index contributed by atoms with van der Waals surface area (Å²) in [5.41, 5.74) is 0. The highest BCUT2D eigenvalue weighted by Crippen LogP contribution is 2.21. The van der Waals surface area contributed by atoms with Crippen molar-refractivity contribution in [3.05, 3.63) is 24.2 Å². The predicted octanol–water partition coefficient (Wildman–Crippen LogP) is 0.858. The third-order valence-corrected chi connectivity index (χ3v) is 4.39. The fourth-order valence-electron chi connectivity index (χ4n) is 2.48. The number of hydrogen-bond acceptors (Lipinski definition) is 5. The van der Waals surface area contributed by atoms with Crippen LogP contribution >= 0.6 is 11.8 Å². The smallest absolute Gasteiger partial charge is 0.225 e. The fraction of sp³-hybridized carbons (Fsp3) is 0.600. The van der Waals surface area contributed by atoms with Crippen molar-refractivity contribution in [1.29, 1.82) is 0 Å². The van der Waals surface area contributed by atoms with Gasteiger partial charge < -0.3 is 19.7 Å². The Kier molecular flexibility index (Phi) is 6.33. The van der Waals surface area contributed by atoms with Crippen LogP contribution < -0.4 is 5.32 Å². The lowest BCUT2D eigenvalue weighted by Crippen LogP contribution is -2.42. The van der Waals surface area contributed by atoms with Crippen LogP contribution in [0.15, 0.2) is 22.8 Å². The molecule has 1 fully saturated rings. The highest BCUT2D eigenvalue weighted by Gasteiger charge is 2.35. The third-order valence-electron chi connectivity index (χ3n) is 3.75. The number of aliphatic hydroxyl groups is 1. The van der Waals surface area contributed by atoms with Crippen molar-refractivity contribution in [2.75, 3.05) is 25.2 Å². The van der Waals surface area contributed by atoms with Crippen molar-refractivity contribution >= 4 is 23.6 Å². The first-order chi connectivity index (χ1) is 10.6. The largest absolute Gasteiger partial charge is 0.467 e. The zero-order chi connectivity index (χ0) is 15.9. The Labute approximate surface area is 134 Å². The Morgan fingerprint density at radius 1 is 1.64 bits per heavy atom. The number of nitrogens with one attached hydrogen (secondary N) is 1. The lowest BCUT2D eigenvalue weighted by atomic mass is 10.1. The molecular weight excluding hydrogens is 304 g/mol. The van der Waals surface area contributed by atoms with Gasteiger partial charge in [0.1, 0.15) is 5.76 Å². The van der Waals surface area contributed by atoms with Gasteiger partial charge in [-0.1, -0.05) is 0 Å². The van der Waals surface area contributed by atoms with Crippen molar-refractivity contribution in [3.8, 4) is 0 Å². The molecule has 122 valence electrons. The number of likely N-dealkylation sites (tertiary alicyclic amines) is 1. The van der Waals surface area contributed by atoms with Gasteiger partial charge >= 0.3 is 0 Å². The molecule has 0 radical (unpaired) electrons. The number of carbonyl (C=O) groups is 2. The fourth-order valence-corrected chi connectivity index (χ4v) is 3.00. The molecule has 2 rings (SSSR count). The normalized spacial score (nSPS) is 19.5. The van der Waals surface area contributed by atoms with Crippen LogP contribution in [0.5, 0.6) is 0 Å². The summed E-state index contributed by atoms with van der Waals surface area (Å²) in [5.74, 6) is 1.03. The molecule has 1 saturated heterocycles. The van der Waals surface area contributed by atoms with E-state index in [1.165, 1.54) is 0 Å². The molecule has 0 aliphatic carbocycles. The van der Waals surface area contributed by atoms with Crippen LogP contribution in [0.3, 0.4) is 0 Å². The average molecular weight is 326 g/mol. The minimum atomic E-state index is -0.356. The first-order valence-corrected chi connectivity index (χ1v) is 8.73. The summed E-state index contributed by atoms with van der Waals surface area (Å²) < 4.78 is 5.24. The third kappa shape index (κ3) is 4.51. The summed E-state index contributed by atoms with van der Waals surface area (Å²) >= 11 is 1.67. The van der Waals surface area contributed by atoms with Crippen LogP contribution in [0, 0.1) is 5.92 Å². The maximum atomic E-state index is 12.2. The molecule has 7 heteroatoms. The van der Waals surface area contributed by atoms with Crippen molar-refractivity contribution in [2.45, 2.75) is 25.4 Å². The van der Waals surface area contributed by atoms with Crippen LogP contribution in [0.4, 0.5) is 0 Å². The quantitative estimate of drug-likeness (QED) is 0.740. The van der Waals surface area contributed by atoms with E-state index in [-0.39, 0.29) is 36.8 Å². The second kappa shape index (κ2) is 8.24. The Bertz CT molecular complexity index is 492. The predicted molar refractivity (Wildman–Crippen MR) is 84.2 cm³/mol. The van der Waals surface area contributed by atoms with E-state index in [9.17, 15) is 14.7 Å². The second-order valence-electron chi connectivity index (χ2n) is 5.42. The molecule has 2 heterocycles. The zero-order valence-electron chi connectivity index (χ0n) is 12.7. The lowest BCUT2D eigenvalue weighted by Gasteiger charge is -2.19. The summed E-state index contributed by atoms with van der Waals surface area (Å²) in [4.78, 5) is 25.9. The summed E-state index contributed by atoms with van der Waals surface area (Å²) in [6.45, 7) is 0.709. The summed E-state index contributed by atoms with van der Waals surface area (Å²) in [6, 6.07) is 3.34. The van der Waals surface area contributed by atoms with Gasteiger partial charge in [-0.05, 0) is 30.6 Å². The van der Waals surface area contributed by atoms with Gasteiger partial charge in [0.05, 0.1) is 31.4 Å². The van der Waals surface area contributed by atoms with Gasteiger partial charge in [-0.25, -0.2) is 0 Å². The van der Waals surface area contributed by atoms with E-state index in [0.29, 0.717) is 18.8 Å². The van der Waals surface area contributed by atoms with Crippen LogP contribution in [0.25, 0.3) is 0 Å². The Morgan fingerprint density at radius 3 is 3.09 bits per heavy atom. The number of thioether (sulfide) groups is 1. The molecule has 1 aliphatic rings. The number of nitrogens with zero attached hydrogens (tertiary/aromatic N) is 1. The number of amides is 2. The maximum absolute atomic E-state index is 12.2. The van der Waals surface area contributed by atoms with Gasteiger partial charge in [0, 0.05) is 13.0 Å². The molecule has 1 aliphatic heterocycles. The topological polar surface area (TPSA) is 82.8 Å². The van der Waals surface area contributed by atoms with E-state index in [2.05, 4.69) is 5.32 Å². The SMILES string of the molecule is CSCCC(CO)NC(=O)C1CC(=O)N(Cc2ccco2)C1. The number of furan rings is 1. The lowest BCUT2D eigenvalue weighted by molar-refractivity contribution is -0.129. The molecule has 0 aromatic carbocycles. The van der Waals surface area contributed by atoms with Crippen molar-refractivity contribution < 1.29 is 19.1 Å². The zero-order valence-corrected chi connectivity index (χ0v) is 13.5. The number of carbonyl (C=O) groups excluding carboxylic acids is 2. The molecule has 0 spiro atoms. The van der Waals surface area contributed by atoms with Crippen LogP contribution in [0.2, 0.25) is 0 Å². The van der Waals surface area contributed by atoms with Crippen LogP contribution in [-0.2, 0) is 16.1 Å². The van der Waals surface area contributed by atoms with Gasteiger partial charge in [-0.15, -0.1) is 0 Å². The van der Waals surface area contributed by atoms with E-state index < -0.39 is 0 Å². The molecule has 22 heavy (non-hydrogen) atoms. The van der Waals surface area contributed by atoms with E-state index in [4.69, 9.17) is 4.42 Å². The minimum Gasteiger partial charge on any atom is -0.467 e. The monoisotopic (exact) mass is 326 g/mol. The molecular formula is C15H22N2O4S. The second-order valence-corrected chi connectivity index (χ2v) is 6.41. The van der Waals surface area contributed by atoms with Gasteiger partial charge in [0.2, 0.25) is 11.8 Å². The van der Waals surface area contributed by atoms with E-state index in [1.807, 2.05) is 12.3 Å². The summed E-state index contributed by atoms with van der Waals surface area (Å²) in [6.07, 6.45) is 4.49. The maximum Gasteiger partial charge on any atom is 0.225 e. The van der Waals surface area contributed by atoms with Gasteiger partial charge in [0.25, 0.3) is 0 Å².